The molecule has 0 aliphatic carbocycles. The first-order valence-electron chi connectivity index (χ1n) is 13.6. The highest BCUT2D eigenvalue weighted by atomic mass is 35.5. The minimum Gasteiger partial charge on any atom is -0.508 e. The number of carbonyl (C=O) groups excluding carboxylic acids is 2. The van der Waals surface area contributed by atoms with Gasteiger partial charge in [0.15, 0.2) is 0 Å². The first kappa shape index (κ1) is 31.5. The van der Waals surface area contributed by atoms with E-state index in [1.165, 1.54) is 18.2 Å². The number of amides is 2. The number of rotatable bonds is 11. The van der Waals surface area contributed by atoms with Crippen LogP contribution in [0.4, 0.5) is 5.69 Å². The Morgan fingerprint density at radius 3 is 2.45 bits per heavy atom. The Morgan fingerprint density at radius 1 is 1.07 bits per heavy atom. The van der Waals surface area contributed by atoms with Gasteiger partial charge in [-0.25, -0.2) is 0 Å². The monoisotopic (exact) mass is 605 g/mol. The van der Waals surface area contributed by atoms with E-state index >= 15 is 0 Å². The molecule has 2 aromatic rings. The molecule has 2 aliphatic rings. The van der Waals surface area contributed by atoms with Gasteiger partial charge in [-0.05, 0) is 48.2 Å². The van der Waals surface area contributed by atoms with Crippen molar-refractivity contribution in [2.75, 3.05) is 44.8 Å². The number of phenolic OH excluding ortho intramolecular Hbond substituents is 1. The highest BCUT2D eigenvalue weighted by Gasteiger charge is 2.35. The van der Waals surface area contributed by atoms with Crippen molar-refractivity contribution in [1.82, 2.24) is 21.3 Å². The lowest BCUT2D eigenvalue weighted by Gasteiger charge is -2.36. The normalized spacial score (nSPS) is 20.7. The van der Waals surface area contributed by atoms with Crippen molar-refractivity contribution in [2.24, 2.45) is 0 Å². The van der Waals surface area contributed by atoms with Crippen LogP contribution in [0.15, 0.2) is 36.4 Å². The molecule has 13 nitrogen and oxygen atoms in total. The smallest absolute Gasteiger partial charge is 0.305 e. The van der Waals surface area contributed by atoms with Crippen molar-refractivity contribution in [3.8, 4) is 5.75 Å². The van der Waals surface area contributed by atoms with Gasteiger partial charge in [-0.3, -0.25) is 25.0 Å². The van der Waals surface area contributed by atoms with Crippen LogP contribution in [0, 0.1) is 0 Å². The quantitative estimate of drug-likeness (QED) is 0.172. The van der Waals surface area contributed by atoms with Crippen molar-refractivity contribution in [2.45, 2.75) is 43.1 Å². The Bertz CT molecular complexity index is 1280. The molecule has 14 heteroatoms. The van der Waals surface area contributed by atoms with Gasteiger partial charge in [-0.1, -0.05) is 17.7 Å². The van der Waals surface area contributed by atoms with Gasteiger partial charge in [0, 0.05) is 54.1 Å². The van der Waals surface area contributed by atoms with E-state index in [1.807, 2.05) is 0 Å². The summed E-state index contributed by atoms with van der Waals surface area (Å²) in [6, 6.07) is 8.26. The minimum atomic E-state index is -1.15. The van der Waals surface area contributed by atoms with Crippen LogP contribution in [0.25, 0.3) is 0 Å². The second kappa shape index (κ2) is 14.1. The number of aliphatic carboxylic acids is 1. The summed E-state index contributed by atoms with van der Waals surface area (Å²) >= 11 is 6.39. The molecule has 0 radical (unpaired) electrons. The molecule has 4 rings (SSSR count). The number of anilines is 1. The molecular formula is C28H36ClN5O8. The summed E-state index contributed by atoms with van der Waals surface area (Å²) in [6.07, 6.45) is -0.229. The van der Waals surface area contributed by atoms with Crippen molar-refractivity contribution in [1.29, 1.82) is 0 Å². The maximum atomic E-state index is 12.9. The third kappa shape index (κ3) is 8.31. The molecule has 2 aliphatic heterocycles. The molecule has 2 amide bonds. The second-order valence-corrected chi connectivity index (χ2v) is 11.0. The predicted molar refractivity (Wildman–Crippen MR) is 153 cm³/mol. The summed E-state index contributed by atoms with van der Waals surface area (Å²) in [7, 11) is 0. The number of aromatic hydroxyl groups is 1. The number of carboxylic acid groups (broad SMARTS) is 1. The molecule has 2 saturated heterocycles. The Labute approximate surface area is 247 Å². The Kier molecular flexibility index (Phi) is 10.6. The van der Waals surface area contributed by atoms with Crippen molar-refractivity contribution in [3.63, 3.8) is 0 Å². The summed E-state index contributed by atoms with van der Waals surface area (Å²) in [5, 5.41) is 54.1. The van der Waals surface area contributed by atoms with Crippen LogP contribution in [0.2, 0.25) is 5.02 Å². The molecule has 0 saturated carbocycles. The van der Waals surface area contributed by atoms with Crippen molar-refractivity contribution < 1.29 is 39.5 Å². The van der Waals surface area contributed by atoms with Crippen LogP contribution in [0.5, 0.6) is 5.75 Å². The van der Waals surface area contributed by atoms with Gasteiger partial charge < -0.3 is 41.1 Å². The zero-order valence-corrected chi connectivity index (χ0v) is 23.6. The van der Waals surface area contributed by atoms with Gasteiger partial charge in [0.05, 0.1) is 31.7 Å². The van der Waals surface area contributed by atoms with E-state index in [1.54, 1.807) is 18.2 Å². The SMILES string of the molecule is O=C(O)C[C@H](NC(=O)CNC(=O)c1cc(O)cc(NC2NCC(O)CN2)c1)c1cc(Cl)cc(C2(CO)CCOCC2)c1. The van der Waals surface area contributed by atoms with Crippen LogP contribution in [-0.4, -0.2) is 90.1 Å². The van der Waals surface area contributed by atoms with E-state index in [-0.39, 0.29) is 17.9 Å². The van der Waals surface area contributed by atoms with Crippen LogP contribution < -0.4 is 26.6 Å². The van der Waals surface area contributed by atoms with Crippen LogP contribution in [-0.2, 0) is 19.7 Å². The molecule has 42 heavy (non-hydrogen) atoms. The fourth-order valence-corrected chi connectivity index (χ4v) is 5.34. The molecule has 2 heterocycles. The molecule has 0 bridgehead atoms. The van der Waals surface area contributed by atoms with E-state index in [4.69, 9.17) is 16.3 Å². The Balaban J connectivity index is 1.42. The van der Waals surface area contributed by atoms with E-state index in [2.05, 4.69) is 26.6 Å². The summed E-state index contributed by atoms with van der Waals surface area (Å²) in [6.45, 7) is 1.06. The Morgan fingerprint density at radius 2 is 1.79 bits per heavy atom. The highest BCUT2D eigenvalue weighted by molar-refractivity contribution is 6.30. The molecule has 2 aromatic carbocycles. The lowest BCUT2D eigenvalue weighted by atomic mass is 9.74. The van der Waals surface area contributed by atoms with Crippen LogP contribution in [0.3, 0.4) is 0 Å². The summed E-state index contributed by atoms with van der Waals surface area (Å²) in [4.78, 5) is 37.3. The number of carbonyl (C=O) groups is 3. The second-order valence-electron chi connectivity index (χ2n) is 10.5. The lowest BCUT2D eigenvalue weighted by molar-refractivity contribution is -0.137. The average Bonchev–Trinajstić information content (AvgIpc) is 2.96. The van der Waals surface area contributed by atoms with Crippen molar-refractivity contribution in [3.05, 3.63) is 58.1 Å². The maximum Gasteiger partial charge on any atom is 0.305 e. The number of carboxylic acids is 1. The number of hydrogen-bond donors (Lipinski definition) is 9. The van der Waals surface area contributed by atoms with E-state index in [0.717, 1.165) is 5.56 Å². The molecule has 1 atom stereocenters. The Hall–Kier alpha value is -3.46. The fraction of sp³-hybridized carbons (Fsp3) is 0.464. The number of halogens is 1. The van der Waals surface area contributed by atoms with Gasteiger partial charge >= 0.3 is 5.97 Å². The zero-order chi connectivity index (χ0) is 30.3. The summed E-state index contributed by atoms with van der Waals surface area (Å²) in [5.41, 5.74) is 1.11. The first-order chi connectivity index (χ1) is 20.1. The van der Waals surface area contributed by atoms with Crippen LogP contribution in [0.1, 0.15) is 46.8 Å². The number of β-amino-alcohol motifs (C(OH)–C–C–N with tert-alkyl or cyclic N) is 1. The van der Waals surface area contributed by atoms with E-state index in [9.17, 15) is 34.8 Å². The molecule has 0 spiro atoms. The van der Waals surface area contributed by atoms with Crippen molar-refractivity contribution >= 4 is 35.1 Å². The van der Waals surface area contributed by atoms with Gasteiger partial charge in [-0.15, -0.1) is 0 Å². The first-order valence-corrected chi connectivity index (χ1v) is 14.0. The standard InChI is InChI=1S/C28H36ClN5O8/c29-19-6-16(5-18(9-19)28(15-35)1-3-42-4-2-28)23(11-25(39)40)34-24(38)14-30-26(41)17-7-20(10-21(36)8-17)33-27-31-12-22(37)13-32-27/h5-10,22-23,27,31-33,35-37H,1-4,11-15H2,(H,30,41)(H,34,38)(H,39,40)/t22?,23-,27?/m0/s1. The molecule has 228 valence electrons. The average molecular weight is 606 g/mol. The number of phenols is 1. The van der Waals surface area contributed by atoms with Gasteiger partial charge in [0.1, 0.15) is 12.0 Å². The molecular weight excluding hydrogens is 570 g/mol. The summed E-state index contributed by atoms with van der Waals surface area (Å²) in [5.74, 6) is -2.58. The third-order valence-electron chi connectivity index (χ3n) is 7.42. The highest BCUT2D eigenvalue weighted by Crippen LogP contribution is 2.37. The number of hydrogen-bond acceptors (Lipinski definition) is 10. The number of aliphatic hydroxyl groups excluding tert-OH is 2. The van der Waals surface area contributed by atoms with E-state index < -0.39 is 54.6 Å². The van der Waals surface area contributed by atoms with E-state index in [0.29, 0.717) is 55.4 Å². The van der Waals surface area contributed by atoms with Gasteiger partial charge in [0.2, 0.25) is 5.91 Å². The molecule has 0 aromatic heterocycles. The maximum absolute atomic E-state index is 12.9. The van der Waals surface area contributed by atoms with Crippen LogP contribution >= 0.6 is 11.6 Å². The molecule has 9 N–H and O–H groups in total. The molecule has 0 unspecified atom stereocenters. The fourth-order valence-electron chi connectivity index (χ4n) is 5.10. The van der Waals surface area contributed by atoms with Gasteiger partial charge in [0.25, 0.3) is 5.91 Å². The number of aliphatic hydroxyl groups is 2. The largest absolute Gasteiger partial charge is 0.508 e. The predicted octanol–water partition coefficient (Wildman–Crippen LogP) is 0.397. The van der Waals surface area contributed by atoms with Gasteiger partial charge in [-0.2, -0.15) is 0 Å². The number of benzene rings is 2. The topological polar surface area (TPSA) is 202 Å². The summed E-state index contributed by atoms with van der Waals surface area (Å²) < 4.78 is 5.45. The zero-order valence-electron chi connectivity index (χ0n) is 22.9. The third-order valence-corrected chi connectivity index (χ3v) is 7.64. The molecule has 2 fully saturated rings. The lowest BCUT2D eigenvalue weighted by Crippen LogP contribution is -2.58. The minimum absolute atomic E-state index is 0.0912. The number of nitrogens with one attached hydrogen (secondary N) is 5. The number of ether oxygens (including phenoxy) is 1.